The largest absolute Gasteiger partial charge is 0.496 e. The third-order valence-electron chi connectivity index (χ3n) is 5.09. The first kappa shape index (κ1) is 17.3. The number of benzene rings is 2. The zero-order valence-electron chi connectivity index (χ0n) is 15.4. The van der Waals surface area contributed by atoms with Gasteiger partial charge >= 0.3 is 0 Å². The van der Waals surface area contributed by atoms with Crippen LogP contribution in [0.4, 0.5) is 0 Å². The average Bonchev–Trinajstić information content (AvgIpc) is 3.12. The fraction of sp³-hybridized carbons (Fsp3) is 0.273. The number of nitrogens with zero attached hydrogens (tertiary/aromatic N) is 2. The van der Waals surface area contributed by atoms with Gasteiger partial charge in [-0.25, -0.2) is 0 Å². The van der Waals surface area contributed by atoms with Crippen molar-refractivity contribution in [2.24, 2.45) is 0 Å². The number of amides is 1. The van der Waals surface area contributed by atoms with E-state index >= 15 is 0 Å². The molecular formula is C22H23N3O2. The maximum absolute atomic E-state index is 12.8. The molecule has 0 unspecified atom stereocenters. The standard InChI is InChI=1S/C22H23N3O2/c1-27-21-13-6-5-10-17(21)22(26)24-19-11-7-12-20-18(19)14-23-25(20)15-16-8-3-2-4-9-16/h2-6,8-10,13-14,19H,7,11-12,15H2,1H3,(H,24,26)/t19-/m0/s1. The fourth-order valence-electron chi connectivity index (χ4n) is 3.73. The second-order valence-corrected chi connectivity index (χ2v) is 6.81. The van der Waals surface area contributed by atoms with Gasteiger partial charge in [0.1, 0.15) is 5.75 Å². The Bertz CT molecular complexity index is 934. The van der Waals surface area contributed by atoms with Gasteiger partial charge in [0.15, 0.2) is 0 Å². The topological polar surface area (TPSA) is 56.1 Å². The molecule has 1 aliphatic carbocycles. The number of nitrogens with one attached hydrogen (secondary N) is 1. The van der Waals surface area contributed by atoms with Gasteiger partial charge in [-0.1, -0.05) is 42.5 Å². The highest BCUT2D eigenvalue weighted by atomic mass is 16.5. The molecule has 3 aromatic rings. The summed E-state index contributed by atoms with van der Waals surface area (Å²) >= 11 is 0. The predicted octanol–water partition coefficient (Wildman–Crippen LogP) is 3.75. The van der Waals surface area contributed by atoms with Gasteiger partial charge in [-0.3, -0.25) is 9.48 Å². The number of rotatable bonds is 5. The lowest BCUT2D eigenvalue weighted by atomic mass is 9.92. The van der Waals surface area contributed by atoms with Crippen LogP contribution in [0.1, 0.15) is 46.1 Å². The molecular weight excluding hydrogens is 338 g/mol. The molecule has 1 aromatic heterocycles. The first-order chi connectivity index (χ1) is 13.3. The Morgan fingerprint density at radius 2 is 1.96 bits per heavy atom. The fourth-order valence-corrected chi connectivity index (χ4v) is 3.73. The second kappa shape index (κ2) is 7.66. The van der Waals surface area contributed by atoms with E-state index in [2.05, 4.69) is 27.2 Å². The number of methoxy groups -OCH3 is 1. The van der Waals surface area contributed by atoms with Gasteiger partial charge in [-0.2, -0.15) is 5.10 Å². The van der Waals surface area contributed by atoms with Crippen LogP contribution in [0.25, 0.3) is 0 Å². The number of carbonyl (C=O) groups is 1. The molecule has 0 bridgehead atoms. The van der Waals surface area contributed by atoms with Crippen molar-refractivity contribution in [3.8, 4) is 5.75 Å². The number of carbonyl (C=O) groups excluding carboxylic acids is 1. The van der Waals surface area contributed by atoms with Crippen molar-refractivity contribution in [1.82, 2.24) is 15.1 Å². The zero-order chi connectivity index (χ0) is 18.6. The number of ether oxygens (including phenoxy) is 1. The first-order valence-corrected chi connectivity index (χ1v) is 9.28. The van der Waals surface area contributed by atoms with Gasteiger partial charge in [0, 0.05) is 11.3 Å². The summed E-state index contributed by atoms with van der Waals surface area (Å²) in [6.07, 6.45) is 4.85. The second-order valence-electron chi connectivity index (χ2n) is 6.81. The minimum absolute atomic E-state index is 0.0179. The summed E-state index contributed by atoms with van der Waals surface area (Å²) in [5.74, 6) is 0.479. The van der Waals surface area contributed by atoms with Crippen molar-refractivity contribution in [3.63, 3.8) is 0 Å². The molecule has 1 aliphatic rings. The van der Waals surface area contributed by atoms with E-state index in [0.29, 0.717) is 11.3 Å². The molecule has 5 heteroatoms. The molecule has 1 amide bonds. The Morgan fingerprint density at radius 3 is 2.78 bits per heavy atom. The maximum atomic E-state index is 12.8. The summed E-state index contributed by atoms with van der Waals surface area (Å²) in [7, 11) is 1.58. The van der Waals surface area contributed by atoms with Gasteiger partial charge in [0.05, 0.1) is 31.5 Å². The lowest BCUT2D eigenvalue weighted by Crippen LogP contribution is -2.31. The molecule has 0 radical (unpaired) electrons. The van der Waals surface area contributed by atoms with Crippen LogP contribution in [-0.2, 0) is 13.0 Å². The minimum Gasteiger partial charge on any atom is -0.496 e. The third-order valence-corrected chi connectivity index (χ3v) is 5.09. The van der Waals surface area contributed by atoms with Gasteiger partial charge in [-0.15, -0.1) is 0 Å². The summed E-state index contributed by atoms with van der Waals surface area (Å²) in [4.78, 5) is 12.8. The van der Waals surface area contributed by atoms with E-state index in [4.69, 9.17) is 4.74 Å². The Labute approximate surface area is 159 Å². The van der Waals surface area contributed by atoms with Gasteiger partial charge in [-0.05, 0) is 37.0 Å². The van der Waals surface area contributed by atoms with Gasteiger partial charge in [0.2, 0.25) is 0 Å². The smallest absolute Gasteiger partial charge is 0.255 e. The Balaban J connectivity index is 1.54. The molecule has 1 heterocycles. The molecule has 2 aromatic carbocycles. The number of fused-ring (bicyclic) bond motifs is 1. The molecule has 0 saturated carbocycles. The van der Waals surface area contributed by atoms with Crippen molar-refractivity contribution < 1.29 is 9.53 Å². The third kappa shape index (κ3) is 3.58. The van der Waals surface area contributed by atoms with E-state index < -0.39 is 0 Å². The Morgan fingerprint density at radius 1 is 1.19 bits per heavy atom. The Hall–Kier alpha value is -3.08. The summed E-state index contributed by atoms with van der Waals surface area (Å²) < 4.78 is 7.38. The number of aromatic nitrogens is 2. The normalized spacial score (nSPS) is 15.8. The van der Waals surface area contributed by atoms with E-state index in [0.717, 1.165) is 31.4 Å². The van der Waals surface area contributed by atoms with Crippen molar-refractivity contribution in [2.75, 3.05) is 7.11 Å². The zero-order valence-corrected chi connectivity index (χ0v) is 15.4. The highest BCUT2D eigenvalue weighted by Crippen LogP contribution is 2.30. The SMILES string of the molecule is COc1ccccc1C(=O)N[C@H]1CCCc2c1cnn2Cc1ccccc1. The van der Waals surface area contributed by atoms with E-state index in [-0.39, 0.29) is 11.9 Å². The van der Waals surface area contributed by atoms with Crippen LogP contribution in [0.2, 0.25) is 0 Å². The lowest BCUT2D eigenvalue weighted by molar-refractivity contribution is 0.0929. The number of hydrogen-bond donors (Lipinski definition) is 1. The van der Waals surface area contributed by atoms with Crippen LogP contribution in [0.5, 0.6) is 5.75 Å². The van der Waals surface area contributed by atoms with Gasteiger partial charge < -0.3 is 10.1 Å². The lowest BCUT2D eigenvalue weighted by Gasteiger charge is -2.24. The van der Waals surface area contributed by atoms with E-state index in [1.165, 1.54) is 11.3 Å². The molecule has 0 spiro atoms. The summed E-state index contributed by atoms with van der Waals surface area (Å²) in [6, 6.07) is 17.6. The summed E-state index contributed by atoms with van der Waals surface area (Å²) in [5, 5.41) is 7.77. The quantitative estimate of drug-likeness (QED) is 0.753. The van der Waals surface area contributed by atoms with E-state index in [9.17, 15) is 4.79 Å². The molecule has 0 aliphatic heterocycles. The van der Waals surface area contributed by atoms with Crippen LogP contribution in [0.15, 0.2) is 60.8 Å². The summed E-state index contributed by atoms with van der Waals surface area (Å²) in [6.45, 7) is 0.753. The highest BCUT2D eigenvalue weighted by molar-refractivity contribution is 5.97. The number of hydrogen-bond acceptors (Lipinski definition) is 3. The van der Waals surface area contributed by atoms with Crippen molar-refractivity contribution in [3.05, 3.63) is 83.2 Å². The predicted molar refractivity (Wildman–Crippen MR) is 104 cm³/mol. The maximum Gasteiger partial charge on any atom is 0.255 e. The highest BCUT2D eigenvalue weighted by Gasteiger charge is 2.26. The van der Waals surface area contributed by atoms with E-state index in [1.54, 1.807) is 19.2 Å². The molecule has 1 atom stereocenters. The van der Waals surface area contributed by atoms with Crippen LogP contribution in [-0.4, -0.2) is 22.8 Å². The molecule has 27 heavy (non-hydrogen) atoms. The van der Waals surface area contributed by atoms with E-state index in [1.807, 2.05) is 36.5 Å². The Kier molecular flexibility index (Phi) is 4.92. The first-order valence-electron chi connectivity index (χ1n) is 9.28. The summed E-state index contributed by atoms with van der Waals surface area (Å²) in [5.41, 5.74) is 4.13. The van der Waals surface area contributed by atoms with Crippen LogP contribution >= 0.6 is 0 Å². The van der Waals surface area contributed by atoms with Crippen molar-refractivity contribution >= 4 is 5.91 Å². The molecule has 0 saturated heterocycles. The van der Waals surface area contributed by atoms with Crippen molar-refractivity contribution in [1.29, 1.82) is 0 Å². The van der Waals surface area contributed by atoms with Crippen molar-refractivity contribution in [2.45, 2.75) is 31.8 Å². The molecule has 1 N–H and O–H groups in total. The molecule has 4 rings (SSSR count). The van der Waals surface area contributed by atoms with Crippen LogP contribution in [0.3, 0.4) is 0 Å². The number of para-hydroxylation sites is 1. The minimum atomic E-state index is -0.110. The van der Waals surface area contributed by atoms with Crippen LogP contribution in [0, 0.1) is 0 Å². The average molecular weight is 361 g/mol. The molecule has 5 nitrogen and oxygen atoms in total. The van der Waals surface area contributed by atoms with Gasteiger partial charge in [0.25, 0.3) is 5.91 Å². The molecule has 138 valence electrons. The monoisotopic (exact) mass is 361 g/mol. The molecule has 0 fully saturated rings. The van der Waals surface area contributed by atoms with Crippen LogP contribution < -0.4 is 10.1 Å².